The highest BCUT2D eigenvalue weighted by atomic mass is 19.1. The highest BCUT2D eigenvalue weighted by molar-refractivity contribution is 5.85. The summed E-state index contributed by atoms with van der Waals surface area (Å²) in [7, 11) is 0. The fourth-order valence-electron chi connectivity index (χ4n) is 3.99. The molecule has 0 bridgehead atoms. The maximum absolute atomic E-state index is 14.6. The molecule has 1 fully saturated rings. The van der Waals surface area contributed by atoms with Gasteiger partial charge in [-0.25, -0.2) is 18.6 Å². The number of halogens is 2. The van der Waals surface area contributed by atoms with Gasteiger partial charge in [0.1, 0.15) is 23.4 Å². The van der Waals surface area contributed by atoms with Crippen LogP contribution in [0, 0.1) is 11.6 Å². The average molecular weight is 438 g/mol. The van der Waals surface area contributed by atoms with Gasteiger partial charge in [-0.05, 0) is 36.6 Å². The Morgan fingerprint density at radius 1 is 1.06 bits per heavy atom. The number of hydrogen-bond acceptors (Lipinski definition) is 4. The minimum Gasteiger partial charge on any atom is -0.477 e. The van der Waals surface area contributed by atoms with E-state index < -0.39 is 23.7 Å². The molecule has 0 amide bonds. The van der Waals surface area contributed by atoms with Gasteiger partial charge in [-0.2, -0.15) is 0 Å². The zero-order chi connectivity index (χ0) is 22.5. The second-order valence-corrected chi connectivity index (χ2v) is 7.89. The number of carboxylic acid groups (broad SMARTS) is 1. The molecule has 0 spiro atoms. The number of carbonyl (C=O) groups is 1. The fraction of sp³-hybridized carbons (Fsp3) is 0.280. The Balaban J connectivity index is 1.42. The van der Waals surface area contributed by atoms with Gasteiger partial charge in [0.25, 0.3) is 0 Å². The molecule has 7 heteroatoms. The number of aromatic nitrogens is 1. The molecule has 0 saturated carbocycles. The summed E-state index contributed by atoms with van der Waals surface area (Å²) in [4.78, 5) is 17.5. The number of ether oxygens (including phenoxy) is 1. The molecule has 166 valence electrons. The van der Waals surface area contributed by atoms with Gasteiger partial charge in [0.2, 0.25) is 0 Å². The second kappa shape index (κ2) is 9.97. The monoisotopic (exact) mass is 438 g/mol. The van der Waals surface area contributed by atoms with Crippen molar-refractivity contribution in [2.24, 2.45) is 0 Å². The van der Waals surface area contributed by atoms with E-state index in [1.807, 2.05) is 36.4 Å². The molecule has 1 aromatic heterocycles. The van der Waals surface area contributed by atoms with Crippen molar-refractivity contribution in [1.29, 1.82) is 0 Å². The Hall–Kier alpha value is -3.16. The molecular formula is C25H24F2N2O3. The standard InChI is InChI=1S/C25H24F2N2O3/c26-18-9-10-21(22(27)15-18)24(17-5-2-1-3-6-17)32-20-11-13-29(14-12-20)16-19-7-4-8-23(28-19)25(30)31/h1-10,15,20,24H,11-14,16H2,(H,30,31). The molecule has 1 aliphatic heterocycles. The van der Waals surface area contributed by atoms with Crippen molar-refractivity contribution >= 4 is 5.97 Å². The summed E-state index contributed by atoms with van der Waals surface area (Å²) >= 11 is 0. The number of hydrogen-bond donors (Lipinski definition) is 1. The third-order valence-electron chi connectivity index (χ3n) is 5.62. The smallest absolute Gasteiger partial charge is 0.354 e. The molecule has 0 aliphatic carbocycles. The highest BCUT2D eigenvalue weighted by Crippen LogP contribution is 2.32. The van der Waals surface area contributed by atoms with Crippen LogP contribution in [-0.4, -0.2) is 40.2 Å². The normalized spacial score (nSPS) is 16.1. The van der Waals surface area contributed by atoms with Crippen LogP contribution in [0.3, 0.4) is 0 Å². The van der Waals surface area contributed by atoms with Gasteiger partial charge in [-0.1, -0.05) is 42.5 Å². The van der Waals surface area contributed by atoms with Crippen molar-refractivity contribution in [3.05, 3.63) is 101 Å². The van der Waals surface area contributed by atoms with E-state index >= 15 is 0 Å². The van der Waals surface area contributed by atoms with E-state index in [9.17, 15) is 13.6 Å². The Morgan fingerprint density at radius 3 is 2.50 bits per heavy atom. The lowest BCUT2D eigenvalue weighted by atomic mass is 9.99. The van der Waals surface area contributed by atoms with Crippen molar-refractivity contribution in [3.8, 4) is 0 Å². The zero-order valence-corrected chi connectivity index (χ0v) is 17.5. The lowest BCUT2D eigenvalue weighted by molar-refractivity contribution is -0.0294. The highest BCUT2D eigenvalue weighted by Gasteiger charge is 2.26. The maximum Gasteiger partial charge on any atom is 0.354 e. The number of benzene rings is 2. The first-order valence-corrected chi connectivity index (χ1v) is 10.6. The van der Waals surface area contributed by atoms with Gasteiger partial charge in [0.05, 0.1) is 11.8 Å². The van der Waals surface area contributed by atoms with Crippen LogP contribution in [0.1, 0.15) is 46.3 Å². The van der Waals surface area contributed by atoms with E-state index in [0.717, 1.165) is 37.6 Å². The van der Waals surface area contributed by atoms with E-state index in [2.05, 4.69) is 9.88 Å². The zero-order valence-electron chi connectivity index (χ0n) is 17.5. The predicted molar refractivity (Wildman–Crippen MR) is 115 cm³/mol. The van der Waals surface area contributed by atoms with Crippen molar-refractivity contribution in [1.82, 2.24) is 9.88 Å². The summed E-state index contributed by atoms with van der Waals surface area (Å²) < 4.78 is 34.3. The van der Waals surface area contributed by atoms with Gasteiger partial charge in [-0.15, -0.1) is 0 Å². The quantitative estimate of drug-likeness (QED) is 0.573. The third kappa shape index (κ3) is 5.36. The van der Waals surface area contributed by atoms with E-state index in [-0.39, 0.29) is 11.8 Å². The summed E-state index contributed by atoms with van der Waals surface area (Å²) in [6, 6.07) is 17.9. The molecule has 1 atom stereocenters. The molecule has 1 N–H and O–H groups in total. The molecule has 32 heavy (non-hydrogen) atoms. The lowest BCUT2D eigenvalue weighted by Gasteiger charge is -2.34. The summed E-state index contributed by atoms with van der Waals surface area (Å²) in [6.45, 7) is 2.05. The number of pyridine rings is 1. The molecular weight excluding hydrogens is 414 g/mol. The van der Waals surface area contributed by atoms with Gasteiger partial charge in [0, 0.05) is 31.3 Å². The van der Waals surface area contributed by atoms with Gasteiger partial charge in [0.15, 0.2) is 0 Å². The number of nitrogens with zero attached hydrogens (tertiary/aromatic N) is 2. The van der Waals surface area contributed by atoms with Crippen LogP contribution in [0.25, 0.3) is 0 Å². The van der Waals surface area contributed by atoms with Crippen LogP contribution in [-0.2, 0) is 11.3 Å². The Morgan fingerprint density at radius 2 is 1.81 bits per heavy atom. The summed E-state index contributed by atoms with van der Waals surface area (Å²) in [5, 5.41) is 9.12. The molecule has 1 saturated heterocycles. The first-order valence-electron chi connectivity index (χ1n) is 10.6. The first-order chi connectivity index (χ1) is 15.5. The SMILES string of the molecule is O=C(O)c1cccc(CN2CCC(OC(c3ccccc3)c3ccc(F)cc3F)CC2)n1. The lowest BCUT2D eigenvalue weighted by Crippen LogP contribution is -2.37. The molecule has 1 aliphatic rings. The Bertz CT molecular complexity index is 1070. The van der Waals surface area contributed by atoms with Gasteiger partial charge in [-0.3, -0.25) is 4.90 Å². The van der Waals surface area contributed by atoms with Gasteiger partial charge >= 0.3 is 5.97 Å². The Labute approximate surface area is 185 Å². The van der Waals surface area contributed by atoms with Crippen molar-refractivity contribution in [2.75, 3.05) is 13.1 Å². The molecule has 2 aromatic carbocycles. The number of aromatic carboxylic acids is 1. The van der Waals surface area contributed by atoms with Crippen LogP contribution < -0.4 is 0 Å². The summed E-state index contributed by atoms with van der Waals surface area (Å²) in [5.41, 5.74) is 1.87. The maximum atomic E-state index is 14.6. The molecule has 2 heterocycles. The van der Waals surface area contributed by atoms with Crippen LogP contribution in [0.4, 0.5) is 8.78 Å². The first kappa shape index (κ1) is 22.0. The largest absolute Gasteiger partial charge is 0.477 e. The summed E-state index contributed by atoms with van der Waals surface area (Å²) in [6.07, 6.45) is 0.775. The van der Waals surface area contributed by atoms with Crippen molar-refractivity contribution in [2.45, 2.75) is 31.6 Å². The topological polar surface area (TPSA) is 62.7 Å². The predicted octanol–water partition coefficient (Wildman–Crippen LogP) is 4.83. The second-order valence-electron chi connectivity index (χ2n) is 7.89. The van der Waals surface area contributed by atoms with Gasteiger partial charge < -0.3 is 9.84 Å². The summed E-state index contributed by atoms with van der Waals surface area (Å²) in [5.74, 6) is -2.29. The minimum atomic E-state index is -1.04. The third-order valence-corrected chi connectivity index (χ3v) is 5.62. The number of piperidine rings is 1. The van der Waals surface area contributed by atoms with Crippen molar-refractivity contribution < 1.29 is 23.4 Å². The molecule has 0 radical (unpaired) electrons. The number of carboxylic acids is 1. The average Bonchev–Trinajstić information content (AvgIpc) is 2.80. The number of rotatable bonds is 7. The van der Waals surface area contributed by atoms with E-state index in [4.69, 9.17) is 9.84 Å². The van der Waals surface area contributed by atoms with Crippen LogP contribution in [0.5, 0.6) is 0 Å². The van der Waals surface area contributed by atoms with E-state index in [1.165, 1.54) is 18.2 Å². The van der Waals surface area contributed by atoms with E-state index in [1.54, 1.807) is 6.07 Å². The minimum absolute atomic E-state index is 0.0350. The van der Waals surface area contributed by atoms with Crippen LogP contribution in [0.15, 0.2) is 66.7 Å². The Kier molecular flexibility index (Phi) is 6.87. The molecule has 3 aromatic rings. The molecule has 4 rings (SSSR count). The number of likely N-dealkylation sites (tertiary alicyclic amines) is 1. The van der Waals surface area contributed by atoms with E-state index in [0.29, 0.717) is 17.8 Å². The fourth-order valence-corrected chi connectivity index (χ4v) is 3.99. The molecule has 1 unspecified atom stereocenters. The molecule has 5 nitrogen and oxygen atoms in total. The van der Waals surface area contributed by atoms with Crippen LogP contribution >= 0.6 is 0 Å². The van der Waals surface area contributed by atoms with Crippen molar-refractivity contribution in [3.63, 3.8) is 0 Å². The van der Waals surface area contributed by atoms with Crippen LogP contribution in [0.2, 0.25) is 0 Å².